The molecule has 0 saturated heterocycles. The molecule has 2 nitrogen and oxygen atoms in total. The van der Waals surface area contributed by atoms with Gasteiger partial charge in [-0.1, -0.05) is 6.92 Å². The van der Waals surface area contributed by atoms with Gasteiger partial charge in [0.15, 0.2) is 0 Å². The van der Waals surface area contributed by atoms with Crippen molar-refractivity contribution in [1.82, 2.24) is 4.90 Å². The zero-order valence-electron chi connectivity index (χ0n) is 10.9. The molecule has 94 valence electrons. The van der Waals surface area contributed by atoms with Crippen molar-refractivity contribution in [2.24, 2.45) is 5.92 Å². The lowest BCUT2D eigenvalue weighted by atomic mass is 9.86. The fraction of sp³-hybridized carbons (Fsp3) is 0.643. The first-order valence-corrected chi connectivity index (χ1v) is 7.28. The molecule has 0 atom stereocenters. The van der Waals surface area contributed by atoms with E-state index in [9.17, 15) is 4.79 Å². The van der Waals surface area contributed by atoms with Crippen molar-refractivity contribution in [3.63, 3.8) is 0 Å². The molecule has 1 aromatic rings. The van der Waals surface area contributed by atoms with Crippen LogP contribution >= 0.6 is 11.3 Å². The summed E-state index contributed by atoms with van der Waals surface area (Å²) in [6.07, 6.45) is 4.83. The fourth-order valence-electron chi connectivity index (χ4n) is 2.55. The van der Waals surface area contributed by atoms with Gasteiger partial charge in [-0.3, -0.25) is 4.79 Å². The Kier molecular flexibility index (Phi) is 3.87. The third kappa shape index (κ3) is 2.71. The third-order valence-corrected chi connectivity index (χ3v) is 4.91. The normalized spacial score (nSPS) is 24.6. The fourth-order valence-corrected chi connectivity index (χ4v) is 3.45. The lowest BCUT2D eigenvalue weighted by Crippen LogP contribution is -2.39. The Labute approximate surface area is 108 Å². The second-order valence-electron chi connectivity index (χ2n) is 5.26. The summed E-state index contributed by atoms with van der Waals surface area (Å²) in [5, 5.41) is 2.00. The maximum Gasteiger partial charge on any atom is 0.264 e. The van der Waals surface area contributed by atoms with Crippen LogP contribution in [-0.4, -0.2) is 23.9 Å². The molecule has 3 heteroatoms. The van der Waals surface area contributed by atoms with E-state index in [0.29, 0.717) is 6.04 Å². The largest absolute Gasteiger partial charge is 0.338 e. The predicted octanol–water partition coefficient (Wildman–Crippen LogP) is 3.71. The van der Waals surface area contributed by atoms with Gasteiger partial charge in [-0.15, -0.1) is 11.3 Å². The van der Waals surface area contributed by atoms with E-state index in [0.717, 1.165) is 29.2 Å². The highest BCUT2D eigenvalue weighted by molar-refractivity contribution is 7.12. The Balaban J connectivity index is 2.03. The second kappa shape index (κ2) is 5.21. The summed E-state index contributed by atoms with van der Waals surface area (Å²) in [6.45, 7) is 4.32. The summed E-state index contributed by atoms with van der Waals surface area (Å²) < 4.78 is 0. The number of amides is 1. The zero-order valence-corrected chi connectivity index (χ0v) is 11.7. The highest BCUT2D eigenvalue weighted by Crippen LogP contribution is 2.28. The van der Waals surface area contributed by atoms with E-state index in [-0.39, 0.29) is 5.91 Å². The Bertz CT molecular complexity index is 391. The molecule has 1 heterocycles. The highest BCUT2D eigenvalue weighted by atomic mass is 32.1. The molecule has 1 amide bonds. The molecule has 0 spiro atoms. The van der Waals surface area contributed by atoms with Gasteiger partial charge < -0.3 is 4.90 Å². The van der Waals surface area contributed by atoms with E-state index >= 15 is 0 Å². The first-order chi connectivity index (χ1) is 8.09. The quantitative estimate of drug-likeness (QED) is 0.784. The van der Waals surface area contributed by atoms with Crippen LogP contribution in [0.5, 0.6) is 0 Å². The maximum absolute atomic E-state index is 12.3. The van der Waals surface area contributed by atoms with E-state index in [4.69, 9.17) is 0 Å². The van der Waals surface area contributed by atoms with Gasteiger partial charge in [0.05, 0.1) is 4.88 Å². The van der Waals surface area contributed by atoms with Crippen molar-refractivity contribution >= 4 is 17.2 Å². The van der Waals surface area contributed by atoms with Gasteiger partial charge in [-0.2, -0.15) is 0 Å². The minimum Gasteiger partial charge on any atom is -0.338 e. The van der Waals surface area contributed by atoms with Crippen LogP contribution < -0.4 is 0 Å². The zero-order chi connectivity index (χ0) is 12.4. The number of hydrogen-bond acceptors (Lipinski definition) is 2. The number of nitrogens with zero attached hydrogens (tertiary/aromatic N) is 1. The summed E-state index contributed by atoms with van der Waals surface area (Å²) >= 11 is 1.56. The van der Waals surface area contributed by atoms with Crippen molar-refractivity contribution in [2.45, 2.75) is 45.6 Å². The van der Waals surface area contributed by atoms with Gasteiger partial charge in [0, 0.05) is 13.1 Å². The molecule has 1 aliphatic rings. The van der Waals surface area contributed by atoms with Crippen molar-refractivity contribution in [2.75, 3.05) is 7.05 Å². The number of aryl methyl sites for hydroxylation is 1. The van der Waals surface area contributed by atoms with Gasteiger partial charge >= 0.3 is 0 Å². The Morgan fingerprint density at radius 3 is 2.53 bits per heavy atom. The average molecular weight is 251 g/mol. The van der Waals surface area contributed by atoms with Crippen molar-refractivity contribution < 1.29 is 4.79 Å². The van der Waals surface area contributed by atoms with E-state index in [1.165, 1.54) is 12.8 Å². The van der Waals surface area contributed by atoms with E-state index in [1.807, 2.05) is 30.3 Å². The Morgan fingerprint density at radius 1 is 1.35 bits per heavy atom. The smallest absolute Gasteiger partial charge is 0.264 e. The van der Waals surface area contributed by atoms with Crippen LogP contribution in [0.1, 0.15) is 47.8 Å². The van der Waals surface area contributed by atoms with Crippen LogP contribution in [0.2, 0.25) is 0 Å². The molecule has 0 N–H and O–H groups in total. The van der Waals surface area contributed by atoms with E-state index in [1.54, 1.807) is 11.3 Å². The minimum atomic E-state index is 0.206. The maximum atomic E-state index is 12.3. The second-order valence-corrected chi connectivity index (χ2v) is 6.18. The molecule has 1 fully saturated rings. The first kappa shape index (κ1) is 12.6. The molecule has 2 rings (SSSR count). The molecular weight excluding hydrogens is 230 g/mol. The predicted molar refractivity (Wildman–Crippen MR) is 72.6 cm³/mol. The standard InChI is InChI=1S/C14H21NOS/c1-10-4-6-12(7-5-10)15(3)14(16)13-11(2)8-9-17-13/h8-10,12H,4-7H2,1-3H3. The van der Waals surface area contributed by atoms with E-state index < -0.39 is 0 Å². The summed E-state index contributed by atoms with van der Waals surface area (Å²) in [7, 11) is 1.96. The summed E-state index contributed by atoms with van der Waals surface area (Å²) in [4.78, 5) is 15.2. The van der Waals surface area contributed by atoms with Crippen LogP contribution in [0, 0.1) is 12.8 Å². The summed E-state index contributed by atoms with van der Waals surface area (Å²) in [5.41, 5.74) is 1.11. The highest BCUT2D eigenvalue weighted by Gasteiger charge is 2.26. The molecule has 0 unspecified atom stereocenters. The van der Waals surface area contributed by atoms with Crippen molar-refractivity contribution in [3.8, 4) is 0 Å². The van der Waals surface area contributed by atoms with Gasteiger partial charge in [0.1, 0.15) is 0 Å². The molecule has 1 saturated carbocycles. The Hall–Kier alpha value is -0.830. The molecule has 1 aromatic heterocycles. The Morgan fingerprint density at radius 2 is 2.00 bits per heavy atom. The van der Waals surface area contributed by atoms with Crippen LogP contribution in [-0.2, 0) is 0 Å². The number of carbonyl (C=O) groups excluding carboxylic acids is 1. The van der Waals surface area contributed by atoms with Gasteiger partial charge in [-0.25, -0.2) is 0 Å². The first-order valence-electron chi connectivity index (χ1n) is 6.41. The lowest BCUT2D eigenvalue weighted by Gasteiger charge is -2.33. The minimum absolute atomic E-state index is 0.206. The van der Waals surface area contributed by atoms with E-state index in [2.05, 4.69) is 6.92 Å². The van der Waals surface area contributed by atoms with Crippen LogP contribution in [0.3, 0.4) is 0 Å². The van der Waals surface area contributed by atoms with Gasteiger partial charge in [-0.05, 0) is 55.5 Å². The van der Waals surface area contributed by atoms with Crippen LogP contribution in [0.15, 0.2) is 11.4 Å². The van der Waals surface area contributed by atoms with Crippen LogP contribution in [0.25, 0.3) is 0 Å². The van der Waals surface area contributed by atoms with Crippen LogP contribution in [0.4, 0.5) is 0 Å². The number of hydrogen-bond donors (Lipinski definition) is 0. The summed E-state index contributed by atoms with van der Waals surface area (Å²) in [5.74, 6) is 1.04. The van der Waals surface area contributed by atoms with Crippen molar-refractivity contribution in [1.29, 1.82) is 0 Å². The third-order valence-electron chi connectivity index (χ3n) is 3.91. The molecule has 17 heavy (non-hydrogen) atoms. The number of thiophene rings is 1. The topological polar surface area (TPSA) is 20.3 Å². The van der Waals surface area contributed by atoms with Gasteiger partial charge in [0.2, 0.25) is 0 Å². The molecule has 0 aliphatic heterocycles. The molecule has 0 bridgehead atoms. The monoisotopic (exact) mass is 251 g/mol. The van der Waals surface area contributed by atoms with Crippen molar-refractivity contribution in [3.05, 3.63) is 21.9 Å². The van der Waals surface area contributed by atoms with Gasteiger partial charge in [0.25, 0.3) is 5.91 Å². The lowest BCUT2D eigenvalue weighted by molar-refractivity contribution is 0.0684. The molecular formula is C14H21NOS. The number of rotatable bonds is 2. The SMILES string of the molecule is Cc1ccsc1C(=O)N(C)C1CCC(C)CC1. The average Bonchev–Trinajstić information content (AvgIpc) is 2.74. The summed E-state index contributed by atoms with van der Waals surface area (Å²) in [6, 6.07) is 2.47. The number of carbonyl (C=O) groups is 1. The molecule has 0 aromatic carbocycles. The molecule has 0 radical (unpaired) electrons. The molecule has 1 aliphatic carbocycles.